The molecule has 1 heterocycles. The molecule has 1 aliphatic rings. The summed E-state index contributed by atoms with van der Waals surface area (Å²) in [6.45, 7) is 6.90. The van der Waals surface area contributed by atoms with Gasteiger partial charge < -0.3 is 14.6 Å². The third kappa shape index (κ3) is 20.2. The smallest absolute Gasteiger partial charge is 0.0945 e. The molecule has 0 saturated carbocycles. The first-order chi connectivity index (χ1) is 9.41. The van der Waals surface area contributed by atoms with Crippen LogP contribution >= 0.6 is 0 Å². The van der Waals surface area contributed by atoms with Crippen molar-refractivity contribution in [2.75, 3.05) is 33.1 Å². The highest BCUT2D eigenvalue weighted by Gasteiger charge is 2.16. The monoisotopic (exact) mass is 311 g/mol. The Balaban J connectivity index is 0. The summed E-state index contributed by atoms with van der Waals surface area (Å²) in [6, 6.07) is 0. The van der Waals surface area contributed by atoms with E-state index in [1.165, 1.54) is 38.8 Å². The summed E-state index contributed by atoms with van der Waals surface area (Å²) in [6.07, 6.45) is 7.00. The molecular weight excluding hydrogens is 278 g/mol. The molecular formula is C14H33NO4S. The zero-order valence-electron chi connectivity index (χ0n) is 13.6. The minimum absolute atomic E-state index is 0.219. The van der Waals surface area contributed by atoms with Gasteiger partial charge in [0.15, 0.2) is 0 Å². The largest absolute Gasteiger partial charge is 0.748 e. The van der Waals surface area contributed by atoms with Gasteiger partial charge in [0.1, 0.15) is 0 Å². The lowest BCUT2D eigenvalue weighted by molar-refractivity contribution is -0.638. The number of quaternary nitrogens is 1. The van der Waals surface area contributed by atoms with Crippen LogP contribution in [-0.4, -0.2) is 46.0 Å². The highest BCUT2D eigenvalue weighted by molar-refractivity contribution is 7.85. The molecule has 0 bridgehead atoms. The van der Waals surface area contributed by atoms with E-state index in [0.717, 1.165) is 12.3 Å². The van der Waals surface area contributed by atoms with E-state index in [9.17, 15) is 13.0 Å². The Labute approximate surface area is 125 Å². The molecule has 124 valence electrons. The van der Waals surface area contributed by atoms with E-state index in [1.54, 1.807) is 14.2 Å². The van der Waals surface area contributed by atoms with Gasteiger partial charge in [-0.2, -0.15) is 0 Å². The van der Waals surface area contributed by atoms with Crippen molar-refractivity contribution < 1.29 is 23.0 Å². The average molecular weight is 311 g/mol. The fourth-order valence-electron chi connectivity index (χ4n) is 1.90. The molecule has 20 heavy (non-hydrogen) atoms. The number of hydrogen-bond acceptors (Lipinski definition) is 4. The van der Waals surface area contributed by atoms with Gasteiger partial charge in [-0.25, -0.2) is 8.42 Å². The molecule has 0 aromatic carbocycles. The van der Waals surface area contributed by atoms with E-state index in [0.29, 0.717) is 6.42 Å². The summed E-state index contributed by atoms with van der Waals surface area (Å²) in [5.41, 5.74) is 0. The number of hydrogen-bond donors (Lipinski definition) is 1. The van der Waals surface area contributed by atoms with Gasteiger partial charge in [-0.15, -0.1) is 0 Å². The fraction of sp³-hybridized carbons (Fsp3) is 1.00. The van der Waals surface area contributed by atoms with Gasteiger partial charge in [0.2, 0.25) is 0 Å². The topological polar surface area (TPSA) is 83.0 Å². The molecule has 1 fully saturated rings. The maximum atomic E-state index is 9.83. The molecule has 0 aromatic rings. The Bertz CT molecular complexity index is 275. The molecule has 0 aromatic heterocycles. The molecule has 5 nitrogen and oxygen atoms in total. The Morgan fingerprint density at radius 1 is 1.20 bits per heavy atom. The summed E-state index contributed by atoms with van der Waals surface area (Å²) in [5, 5.41) is 2.44. The second kappa shape index (κ2) is 15.2. The van der Waals surface area contributed by atoms with E-state index >= 15 is 0 Å². The van der Waals surface area contributed by atoms with Crippen molar-refractivity contribution in [3.05, 3.63) is 0 Å². The summed E-state index contributed by atoms with van der Waals surface area (Å²) < 4.78 is 33.8. The van der Waals surface area contributed by atoms with Crippen LogP contribution in [0.15, 0.2) is 0 Å². The lowest BCUT2D eigenvalue weighted by Gasteiger charge is -2.02. The van der Waals surface area contributed by atoms with Crippen LogP contribution in [0, 0.1) is 5.92 Å². The summed E-state index contributed by atoms with van der Waals surface area (Å²) in [7, 11) is -0.686. The minimum atomic E-state index is -3.94. The molecule has 1 saturated heterocycles. The molecule has 1 aliphatic heterocycles. The second-order valence-corrected chi connectivity index (χ2v) is 6.66. The van der Waals surface area contributed by atoms with Crippen molar-refractivity contribution >= 4 is 10.1 Å². The summed E-state index contributed by atoms with van der Waals surface area (Å²) in [5.74, 6) is 0.841. The van der Waals surface area contributed by atoms with Crippen LogP contribution in [0.3, 0.4) is 0 Å². The summed E-state index contributed by atoms with van der Waals surface area (Å²) in [4.78, 5) is 0. The predicted octanol–water partition coefficient (Wildman–Crippen LogP) is 1.35. The Morgan fingerprint density at radius 2 is 1.75 bits per heavy atom. The molecule has 1 atom stereocenters. The Kier molecular flexibility index (Phi) is 16.8. The third-order valence-electron chi connectivity index (χ3n) is 2.99. The van der Waals surface area contributed by atoms with E-state index in [1.807, 2.05) is 6.92 Å². The Hall–Kier alpha value is -0.170. The summed E-state index contributed by atoms with van der Waals surface area (Å²) >= 11 is 0. The van der Waals surface area contributed by atoms with Gasteiger partial charge in [0.25, 0.3) is 0 Å². The Morgan fingerprint density at radius 3 is 2.05 bits per heavy atom. The van der Waals surface area contributed by atoms with Crippen molar-refractivity contribution in [1.82, 2.24) is 0 Å². The van der Waals surface area contributed by atoms with Crippen LogP contribution in [-0.2, 0) is 14.9 Å². The first-order valence-corrected chi connectivity index (χ1v) is 9.14. The van der Waals surface area contributed by atoms with E-state index < -0.39 is 10.1 Å². The molecule has 0 amide bonds. The highest BCUT2D eigenvalue weighted by Crippen LogP contribution is 2.11. The number of methoxy groups -OCH3 is 1. The molecule has 1 unspecified atom stereocenters. The van der Waals surface area contributed by atoms with Crippen LogP contribution in [0.1, 0.15) is 52.4 Å². The fourth-order valence-corrected chi connectivity index (χ4v) is 2.54. The molecule has 1 rings (SSSR count). The maximum Gasteiger partial charge on any atom is 0.0945 e. The molecule has 0 radical (unpaired) electrons. The van der Waals surface area contributed by atoms with Crippen LogP contribution in [0.5, 0.6) is 0 Å². The van der Waals surface area contributed by atoms with Crippen molar-refractivity contribution in [2.24, 2.45) is 5.92 Å². The van der Waals surface area contributed by atoms with E-state index in [4.69, 9.17) is 0 Å². The van der Waals surface area contributed by atoms with Crippen molar-refractivity contribution in [3.8, 4) is 0 Å². The zero-order valence-corrected chi connectivity index (χ0v) is 14.4. The van der Waals surface area contributed by atoms with Gasteiger partial charge >= 0.3 is 0 Å². The number of unbranched alkanes of at least 4 members (excludes halogenated alkanes) is 2. The van der Waals surface area contributed by atoms with Crippen LogP contribution in [0.4, 0.5) is 0 Å². The van der Waals surface area contributed by atoms with Crippen molar-refractivity contribution in [1.29, 1.82) is 0 Å². The number of nitrogens with two attached hydrogens (primary N) is 1. The third-order valence-corrected chi connectivity index (χ3v) is 3.78. The van der Waals surface area contributed by atoms with Crippen molar-refractivity contribution in [2.45, 2.75) is 52.4 Å². The second-order valence-electron chi connectivity index (χ2n) is 5.13. The minimum Gasteiger partial charge on any atom is -0.748 e. The standard InChI is InChI=1S/C8H17N.C4H10O3S.C2H6O/c1-2-3-4-8-5-6-9-7-8;1-2-3-4-8(5,6)7;1-3-2/h8-9H,2-7H2,1H3;2-4H2,1H3,(H,5,6,7);1-2H3. The van der Waals surface area contributed by atoms with Crippen LogP contribution in [0.2, 0.25) is 0 Å². The van der Waals surface area contributed by atoms with Gasteiger partial charge in [-0.05, 0) is 12.8 Å². The van der Waals surface area contributed by atoms with E-state index in [2.05, 4.69) is 17.0 Å². The normalized spacial score (nSPS) is 17.8. The molecule has 0 aliphatic carbocycles. The number of rotatable bonds is 6. The highest BCUT2D eigenvalue weighted by atomic mass is 32.2. The first kappa shape index (κ1) is 22.1. The zero-order chi connectivity index (χ0) is 15.9. The van der Waals surface area contributed by atoms with Crippen LogP contribution in [0.25, 0.3) is 0 Å². The van der Waals surface area contributed by atoms with Gasteiger partial charge in [-0.1, -0.05) is 33.1 Å². The van der Waals surface area contributed by atoms with Gasteiger partial charge in [0.05, 0.1) is 23.2 Å². The quantitative estimate of drug-likeness (QED) is 0.751. The van der Waals surface area contributed by atoms with E-state index in [-0.39, 0.29) is 5.75 Å². The first-order valence-electron chi connectivity index (χ1n) is 7.56. The molecule has 0 spiro atoms. The van der Waals surface area contributed by atoms with Crippen molar-refractivity contribution in [3.63, 3.8) is 0 Å². The lowest BCUT2D eigenvalue weighted by Crippen LogP contribution is -2.81. The SMILES string of the molecule is CCCCC1CC[NH2+]C1.CCCCS(=O)(=O)[O-].COC. The van der Waals surface area contributed by atoms with Crippen LogP contribution < -0.4 is 5.32 Å². The average Bonchev–Trinajstić information content (AvgIpc) is 2.88. The van der Waals surface area contributed by atoms with Gasteiger partial charge in [0, 0.05) is 32.3 Å². The maximum absolute atomic E-state index is 9.83. The molecule has 2 N–H and O–H groups in total. The predicted molar refractivity (Wildman–Crippen MR) is 81.7 cm³/mol. The van der Waals surface area contributed by atoms with Gasteiger partial charge in [-0.3, -0.25) is 0 Å². The number of ether oxygens (including phenoxy) is 1. The molecule has 6 heteroatoms. The lowest BCUT2D eigenvalue weighted by atomic mass is 10.0.